The second-order valence-corrected chi connectivity index (χ2v) is 4.35. The zero-order chi connectivity index (χ0) is 11.0. The average Bonchev–Trinajstić information content (AvgIpc) is 2.73. The van der Waals surface area contributed by atoms with Crippen molar-refractivity contribution in [1.29, 1.82) is 0 Å². The molecule has 78 valence electrons. The largest absolute Gasteiger partial charge is 0.297 e. The Hall–Kier alpha value is -1.68. The van der Waals surface area contributed by atoms with Crippen LogP contribution in [0.2, 0.25) is 0 Å². The van der Waals surface area contributed by atoms with E-state index in [4.69, 9.17) is 0 Å². The second-order valence-electron chi connectivity index (χ2n) is 3.44. The first-order valence-electron chi connectivity index (χ1n) is 4.88. The van der Waals surface area contributed by atoms with Crippen LogP contribution in [-0.2, 0) is 0 Å². The van der Waals surface area contributed by atoms with Gasteiger partial charge >= 0.3 is 0 Å². The third-order valence-electron chi connectivity index (χ3n) is 2.39. The fraction of sp³-hybridized carbons (Fsp3) is 0. The van der Waals surface area contributed by atoms with Gasteiger partial charge < -0.3 is 0 Å². The van der Waals surface area contributed by atoms with E-state index in [1.165, 1.54) is 0 Å². The molecule has 0 fully saturated rings. The molecule has 3 aromatic rings. The Kier molecular flexibility index (Phi) is 2.22. The number of rotatable bonds is 1. The van der Waals surface area contributed by atoms with Gasteiger partial charge in [0.25, 0.3) is 0 Å². The molecular formula is C12H8BrN3. The summed E-state index contributed by atoms with van der Waals surface area (Å²) in [7, 11) is 0. The lowest BCUT2D eigenvalue weighted by Gasteiger charge is -2.00. The minimum atomic E-state index is 0.858. The Morgan fingerprint density at radius 1 is 1.06 bits per heavy atom. The van der Waals surface area contributed by atoms with E-state index in [9.17, 15) is 0 Å². The van der Waals surface area contributed by atoms with E-state index in [-0.39, 0.29) is 0 Å². The number of hydrogen-bond acceptors (Lipinski definition) is 2. The van der Waals surface area contributed by atoms with Crippen molar-refractivity contribution in [1.82, 2.24) is 14.4 Å². The summed E-state index contributed by atoms with van der Waals surface area (Å²) in [5.41, 5.74) is 1.93. The summed E-state index contributed by atoms with van der Waals surface area (Å²) < 4.78 is 3.04. The van der Waals surface area contributed by atoms with Crippen LogP contribution < -0.4 is 0 Å². The molecule has 3 heterocycles. The molecule has 3 aromatic heterocycles. The van der Waals surface area contributed by atoms with Crippen molar-refractivity contribution in [2.45, 2.75) is 0 Å². The van der Waals surface area contributed by atoms with Gasteiger partial charge in [0.1, 0.15) is 5.69 Å². The molecule has 0 radical (unpaired) electrons. The molecule has 0 aliphatic carbocycles. The third-order valence-corrected chi connectivity index (χ3v) is 2.85. The molecule has 4 heteroatoms. The van der Waals surface area contributed by atoms with Crippen LogP contribution in [0.25, 0.3) is 17.0 Å². The van der Waals surface area contributed by atoms with Crippen molar-refractivity contribution in [3.8, 4) is 11.5 Å². The van der Waals surface area contributed by atoms with Gasteiger partial charge in [-0.1, -0.05) is 6.07 Å². The van der Waals surface area contributed by atoms with Crippen molar-refractivity contribution in [3.63, 3.8) is 0 Å². The van der Waals surface area contributed by atoms with Gasteiger partial charge in [-0.15, -0.1) is 0 Å². The first-order valence-corrected chi connectivity index (χ1v) is 5.68. The van der Waals surface area contributed by atoms with Gasteiger partial charge in [0, 0.05) is 16.9 Å². The molecule has 3 rings (SSSR count). The normalized spacial score (nSPS) is 10.8. The fourth-order valence-electron chi connectivity index (χ4n) is 1.65. The van der Waals surface area contributed by atoms with E-state index >= 15 is 0 Å². The van der Waals surface area contributed by atoms with Crippen LogP contribution in [0.3, 0.4) is 0 Å². The maximum absolute atomic E-state index is 4.39. The molecule has 0 N–H and O–H groups in total. The topological polar surface area (TPSA) is 30.2 Å². The van der Waals surface area contributed by atoms with Crippen molar-refractivity contribution in [2.24, 2.45) is 0 Å². The van der Waals surface area contributed by atoms with Gasteiger partial charge in [0.15, 0.2) is 5.82 Å². The van der Waals surface area contributed by atoms with Crippen LogP contribution in [0.15, 0.2) is 53.4 Å². The highest BCUT2D eigenvalue weighted by Gasteiger charge is 2.06. The summed E-state index contributed by atoms with van der Waals surface area (Å²) in [6, 6.07) is 9.83. The summed E-state index contributed by atoms with van der Waals surface area (Å²) in [6.45, 7) is 0. The number of nitrogens with zero attached hydrogens (tertiary/aromatic N) is 3. The zero-order valence-corrected chi connectivity index (χ0v) is 9.92. The van der Waals surface area contributed by atoms with Crippen LogP contribution in [0.5, 0.6) is 0 Å². The Morgan fingerprint density at radius 3 is 2.81 bits per heavy atom. The van der Waals surface area contributed by atoms with Gasteiger partial charge in [-0.05, 0) is 40.2 Å². The van der Waals surface area contributed by atoms with Crippen LogP contribution >= 0.6 is 15.9 Å². The summed E-state index contributed by atoms with van der Waals surface area (Å²) in [5, 5.41) is 0. The van der Waals surface area contributed by atoms with Crippen LogP contribution in [0, 0.1) is 0 Å². The monoisotopic (exact) mass is 273 g/mol. The number of imidazole rings is 1. The van der Waals surface area contributed by atoms with Gasteiger partial charge in [-0.25, -0.2) is 4.98 Å². The van der Waals surface area contributed by atoms with E-state index in [2.05, 4.69) is 25.9 Å². The lowest BCUT2D eigenvalue weighted by Crippen LogP contribution is -1.90. The molecule has 0 saturated heterocycles. The Bertz CT molecular complexity index is 631. The quantitative estimate of drug-likeness (QED) is 0.682. The Balaban J connectivity index is 2.29. The van der Waals surface area contributed by atoms with Crippen LogP contribution in [0.4, 0.5) is 0 Å². The number of fused-ring (bicyclic) bond motifs is 1. The summed E-state index contributed by atoms with van der Waals surface area (Å²) in [4.78, 5) is 8.69. The van der Waals surface area contributed by atoms with Crippen molar-refractivity contribution in [2.75, 3.05) is 0 Å². The lowest BCUT2D eigenvalue weighted by atomic mass is 10.3. The number of hydrogen-bond donors (Lipinski definition) is 0. The molecule has 0 saturated carbocycles. The predicted octanol–water partition coefficient (Wildman–Crippen LogP) is 3.16. The second kappa shape index (κ2) is 3.72. The van der Waals surface area contributed by atoms with Gasteiger partial charge in [0.2, 0.25) is 0 Å². The standard InChI is InChI=1S/C12H8BrN3/c13-9-4-5-10-7-15-12(16(10)8-9)11-3-1-2-6-14-11/h1-8H. The Morgan fingerprint density at radius 2 is 2.00 bits per heavy atom. The molecule has 0 aliphatic rings. The molecule has 3 nitrogen and oxygen atoms in total. The highest BCUT2D eigenvalue weighted by Crippen LogP contribution is 2.19. The minimum absolute atomic E-state index is 0.858. The molecule has 0 atom stereocenters. The van der Waals surface area contributed by atoms with E-state index in [0.717, 1.165) is 21.5 Å². The van der Waals surface area contributed by atoms with Crippen LogP contribution in [-0.4, -0.2) is 14.4 Å². The van der Waals surface area contributed by atoms with E-state index in [0.29, 0.717) is 0 Å². The minimum Gasteiger partial charge on any atom is -0.297 e. The average molecular weight is 274 g/mol. The van der Waals surface area contributed by atoms with E-state index in [1.54, 1.807) is 6.20 Å². The maximum Gasteiger partial charge on any atom is 0.163 e. The zero-order valence-electron chi connectivity index (χ0n) is 8.34. The first kappa shape index (κ1) is 9.54. The molecule has 0 aromatic carbocycles. The highest BCUT2D eigenvalue weighted by atomic mass is 79.9. The van der Waals surface area contributed by atoms with E-state index < -0.39 is 0 Å². The molecule has 0 amide bonds. The molecule has 16 heavy (non-hydrogen) atoms. The molecular weight excluding hydrogens is 266 g/mol. The third kappa shape index (κ3) is 1.51. The van der Waals surface area contributed by atoms with Crippen molar-refractivity contribution < 1.29 is 0 Å². The summed E-state index contributed by atoms with van der Waals surface area (Å²) >= 11 is 3.45. The van der Waals surface area contributed by atoms with E-state index in [1.807, 2.05) is 47.1 Å². The molecule has 0 spiro atoms. The maximum atomic E-state index is 4.39. The number of pyridine rings is 2. The smallest absolute Gasteiger partial charge is 0.163 e. The molecule has 0 unspecified atom stereocenters. The fourth-order valence-corrected chi connectivity index (χ4v) is 1.99. The first-order chi connectivity index (χ1) is 7.84. The van der Waals surface area contributed by atoms with Crippen molar-refractivity contribution in [3.05, 3.63) is 53.4 Å². The van der Waals surface area contributed by atoms with Gasteiger partial charge in [-0.2, -0.15) is 0 Å². The van der Waals surface area contributed by atoms with Crippen LogP contribution in [0.1, 0.15) is 0 Å². The number of aromatic nitrogens is 3. The molecule has 0 bridgehead atoms. The lowest BCUT2D eigenvalue weighted by molar-refractivity contribution is 1.12. The van der Waals surface area contributed by atoms with Crippen molar-refractivity contribution >= 4 is 21.4 Å². The molecule has 0 aliphatic heterocycles. The predicted molar refractivity (Wildman–Crippen MR) is 66.1 cm³/mol. The SMILES string of the molecule is Brc1ccc2cnc(-c3ccccn3)n2c1. The number of halogens is 1. The van der Waals surface area contributed by atoms with Gasteiger partial charge in [-0.3, -0.25) is 9.38 Å². The summed E-state index contributed by atoms with van der Waals surface area (Å²) in [6.07, 6.45) is 5.61. The highest BCUT2D eigenvalue weighted by molar-refractivity contribution is 9.10. The Labute approximate surface area is 101 Å². The summed E-state index contributed by atoms with van der Waals surface area (Å²) in [5.74, 6) is 0.858. The van der Waals surface area contributed by atoms with Gasteiger partial charge in [0.05, 0.1) is 11.7 Å².